The van der Waals surface area contributed by atoms with Gasteiger partial charge in [-0.15, -0.1) is 0 Å². The Kier molecular flexibility index (Phi) is 9.52. The molecule has 3 N–H and O–H groups in total. The molecule has 2 rings (SSSR count). The second kappa shape index (κ2) is 12.2. The van der Waals surface area contributed by atoms with Gasteiger partial charge in [0, 0.05) is 13.1 Å². The number of nitrogens with zero attached hydrogens (tertiary/aromatic N) is 1. The normalized spacial score (nSPS) is 12.8. The van der Waals surface area contributed by atoms with Gasteiger partial charge in [-0.3, -0.25) is 0 Å². The highest BCUT2D eigenvalue weighted by molar-refractivity contribution is 5.79. The second-order valence-electron chi connectivity index (χ2n) is 7.01. The molecule has 152 valence electrons. The fraction of sp³-hybridized carbons (Fsp3) is 0.435. The van der Waals surface area contributed by atoms with Gasteiger partial charge in [0.15, 0.2) is 5.96 Å². The second-order valence-corrected chi connectivity index (χ2v) is 7.01. The van der Waals surface area contributed by atoms with E-state index in [2.05, 4.69) is 39.9 Å². The predicted octanol–water partition coefficient (Wildman–Crippen LogP) is 3.79. The average molecular weight is 384 g/mol. The van der Waals surface area contributed by atoms with Crippen molar-refractivity contribution in [1.82, 2.24) is 10.6 Å². The van der Waals surface area contributed by atoms with Crippen LogP contribution in [0.5, 0.6) is 0 Å². The number of guanidine groups is 1. The van der Waals surface area contributed by atoms with Crippen LogP contribution in [0, 0.1) is 0 Å². The molecular weight excluding hydrogens is 350 g/mol. The van der Waals surface area contributed by atoms with Gasteiger partial charge in [0.25, 0.3) is 0 Å². The first kappa shape index (κ1) is 21.9. The molecular formula is C23H33N3O2. The van der Waals surface area contributed by atoms with Crippen LogP contribution in [0.15, 0.2) is 59.6 Å². The van der Waals surface area contributed by atoms with E-state index >= 15 is 0 Å². The van der Waals surface area contributed by atoms with Crippen LogP contribution >= 0.6 is 0 Å². The molecule has 0 aliphatic heterocycles. The third-order valence-electron chi connectivity index (χ3n) is 4.26. The summed E-state index contributed by atoms with van der Waals surface area (Å²) < 4.78 is 5.63. The highest BCUT2D eigenvalue weighted by atomic mass is 16.5. The molecule has 0 heterocycles. The summed E-state index contributed by atoms with van der Waals surface area (Å²) >= 11 is 0. The van der Waals surface area contributed by atoms with Crippen molar-refractivity contribution in [3.8, 4) is 0 Å². The van der Waals surface area contributed by atoms with Crippen LogP contribution in [0.4, 0.5) is 0 Å². The molecule has 2 aromatic carbocycles. The monoisotopic (exact) mass is 383 g/mol. The number of aliphatic hydroxyl groups excluding tert-OH is 1. The lowest BCUT2D eigenvalue weighted by Crippen LogP contribution is -2.38. The van der Waals surface area contributed by atoms with E-state index in [1.807, 2.05) is 51.1 Å². The molecule has 0 spiro atoms. The molecule has 5 heteroatoms. The van der Waals surface area contributed by atoms with Gasteiger partial charge in [0.1, 0.15) is 0 Å². The van der Waals surface area contributed by atoms with Crippen molar-refractivity contribution < 1.29 is 9.84 Å². The first-order valence-corrected chi connectivity index (χ1v) is 10.0. The number of aliphatic hydroxyl groups is 1. The number of ether oxygens (including phenoxy) is 1. The molecule has 0 aromatic heterocycles. The third kappa shape index (κ3) is 8.11. The summed E-state index contributed by atoms with van der Waals surface area (Å²) in [4.78, 5) is 4.64. The van der Waals surface area contributed by atoms with Crippen molar-refractivity contribution in [2.24, 2.45) is 4.99 Å². The third-order valence-corrected chi connectivity index (χ3v) is 4.26. The summed E-state index contributed by atoms with van der Waals surface area (Å²) in [6.45, 7) is 8.79. The Morgan fingerprint density at radius 3 is 2.32 bits per heavy atom. The topological polar surface area (TPSA) is 65.9 Å². The van der Waals surface area contributed by atoms with Crippen LogP contribution in [0.1, 0.15) is 50.0 Å². The van der Waals surface area contributed by atoms with E-state index in [0.29, 0.717) is 26.1 Å². The van der Waals surface area contributed by atoms with Crippen LogP contribution < -0.4 is 10.6 Å². The Labute approximate surface area is 168 Å². The minimum absolute atomic E-state index is 0.235. The largest absolute Gasteiger partial charge is 0.388 e. The molecule has 0 saturated heterocycles. The van der Waals surface area contributed by atoms with Crippen LogP contribution in [0.2, 0.25) is 0 Å². The van der Waals surface area contributed by atoms with Gasteiger partial charge in [-0.05, 0) is 43.9 Å². The Morgan fingerprint density at radius 1 is 1.00 bits per heavy atom. The average Bonchev–Trinajstić information content (AvgIpc) is 2.71. The fourth-order valence-electron chi connectivity index (χ4n) is 2.69. The first-order valence-electron chi connectivity index (χ1n) is 10.0. The summed E-state index contributed by atoms with van der Waals surface area (Å²) in [6.07, 6.45) is 0.384. The summed E-state index contributed by atoms with van der Waals surface area (Å²) in [6, 6.07) is 18.1. The van der Waals surface area contributed by atoms with Gasteiger partial charge in [-0.1, -0.05) is 54.6 Å². The lowest BCUT2D eigenvalue weighted by Gasteiger charge is -2.14. The maximum Gasteiger partial charge on any atom is 0.191 e. The Bertz CT molecular complexity index is 700. The summed E-state index contributed by atoms with van der Waals surface area (Å²) in [7, 11) is 0. The van der Waals surface area contributed by atoms with E-state index in [0.717, 1.165) is 23.6 Å². The van der Waals surface area contributed by atoms with Crippen molar-refractivity contribution in [3.05, 3.63) is 71.3 Å². The fourth-order valence-corrected chi connectivity index (χ4v) is 2.69. The number of hydrogen-bond donors (Lipinski definition) is 3. The molecule has 1 unspecified atom stereocenters. The number of rotatable bonds is 10. The van der Waals surface area contributed by atoms with Gasteiger partial charge >= 0.3 is 0 Å². The van der Waals surface area contributed by atoms with Crippen molar-refractivity contribution in [2.75, 3.05) is 13.1 Å². The molecule has 0 amide bonds. The Morgan fingerprint density at radius 2 is 1.68 bits per heavy atom. The number of aliphatic imine (C=N–C) groups is 1. The van der Waals surface area contributed by atoms with Crippen molar-refractivity contribution in [3.63, 3.8) is 0 Å². The summed E-state index contributed by atoms with van der Waals surface area (Å²) in [5, 5.41) is 16.8. The maximum absolute atomic E-state index is 10.3. The minimum Gasteiger partial charge on any atom is -0.388 e. The zero-order valence-corrected chi connectivity index (χ0v) is 17.2. The molecule has 5 nitrogen and oxygen atoms in total. The van der Waals surface area contributed by atoms with Gasteiger partial charge in [-0.2, -0.15) is 0 Å². The standard InChI is InChI=1S/C23H33N3O2/c1-4-24-23(25-15-14-22(27)21-8-6-5-7-9-21)26-16-19-10-12-20(13-11-19)17-28-18(2)3/h5-13,18,22,27H,4,14-17H2,1-3H3,(H2,24,25,26). The highest BCUT2D eigenvalue weighted by Crippen LogP contribution is 2.14. The van der Waals surface area contributed by atoms with E-state index in [1.54, 1.807) is 0 Å². The molecule has 0 bridgehead atoms. The number of nitrogens with one attached hydrogen (secondary N) is 2. The summed E-state index contributed by atoms with van der Waals surface area (Å²) in [5.74, 6) is 0.759. The van der Waals surface area contributed by atoms with Crippen molar-refractivity contribution >= 4 is 5.96 Å². The molecule has 0 radical (unpaired) electrons. The molecule has 0 saturated carbocycles. The zero-order chi connectivity index (χ0) is 20.2. The lowest BCUT2D eigenvalue weighted by atomic mass is 10.1. The first-order chi connectivity index (χ1) is 13.6. The number of benzene rings is 2. The predicted molar refractivity (Wildman–Crippen MR) is 115 cm³/mol. The lowest BCUT2D eigenvalue weighted by molar-refractivity contribution is 0.0657. The molecule has 0 fully saturated rings. The van der Waals surface area contributed by atoms with Gasteiger partial charge < -0.3 is 20.5 Å². The van der Waals surface area contributed by atoms with Crippen molar-refractivity contribution in [1.29, 1.82) is 0 Å². The van der Waals surface area contributed by atoms with Gasteiger partial charge in [0.2, 0.25) is 0 Å². The van der Waals surface area contributed by atoms with Gasteiger partial charge in [0.05, 0.1) is 25.4 Å². The maximum atomic E-state index is 10.3. The van der Waals surface area contributed by atoms with Crippen LogP contribution in [-0.4, -0.2) is 30.3 Å². The SMILES string of the molecule is CCNC(=NCc1ccc(COC(C)C)cc1)NCCC(O)c1ccccc1. The quantitative estimate of drug-likeness (QED) is 0.431. The van der Waals surface area contributed by atoms with E-state index in [4.69, 9.17) is 4.74 Å². The molecule has 1 atom stereocenters. The zero-order valence-electron chi connectivity index (χ0n) is 17.2. The molecule has 0 aliphatic rings. The minimum atomic E-state index is -0.475. The van der Waals surface area contributed by atoms with Crippen LogP contribution in [0.25, 0.3) is 0 Å². The van der Waals surface area contributed by atoms with E-state index in [1.165, 1.54) is 5.56 Å². The van der Waals surface area contributed by atoms with E-state index < -0.39 is 6.10 Å². The van der Waals surface area contributed by atoms with Crippen molar-refractivity contribution in [2.45, 2.75) is 52.6 Å². The summed E-state index contributed by atoms with van der Waals surface area (Å²) in [5.41, 5.74) is 3.25. The van der Waals surface area contributed by atoms with Crippen LogP contribution in [-0.2, 0) is 17.9 Å². The Hall–Kier alpha value is -2.37. The number of hydrogen-bond acceptors (Lipinski definition) is 3. The molecule has 2 aromatic rings. The van der Waals surface area contributed by atoms with Gasteiger partial charge in [-0.25, -0.2) is 4.99 Å². The Balaban J connectivity index is 1.82. The highest BCUT2D eigenvalue weighted by Gasteiger charge is 2.07. The molecule has 28 heavy (non-hydrogen) atoms. The smallest absolute Gasteiger partial charge is 0.191 e. The van der Waals surface area contributed by atoms with E-state index in [9.17, 15) is 5.11 Å². The van der Waals surface area contributed by atoms with Crippen LogP contribution in [0.3, 0.4) is 0 Å². The van der Waals surface area contributed by atoms with E-state index in [-0.39, 0.29) is 6.10 Å². The molecule has 0 aliphatic carbocycles.